The molecule has 28 heavy (non-hydrogen) atoms. The molecule has 0 aliphatic carbocycles. The lowest BCUT2D eigenvalue weighted by atomic mass is 10.0. The van der Waals surface area contributed by atoms with E-state index in [4.69, 9.17) is 9.47 Å². The first-order valence-electron chi connectivity index (χ1n) is 9.03. The van der Waals surface area contributed by atoms with Gasteiger partial charge in [-0.15, -0.1) is 0 Å². The predicted molar refractivity (Wildman–Crippen MR) is 104 cm³/mol. The Kier molecular flexibility index (Phi) is 6.26. The number of nitrogens with one attached hydrogen (secondary N) is 1. The molecular formula is C21H22N2O5. The standard InChI is InChI=1S/C21H22N2O5/c1-27-19-4-2-3-5-20(19)28-13-21(26)22-10-8-18(25)16-6-7-17-15(12-16)9-11-23(17)14-24/h2-7,12,14H,8-11,13H2,1H3,(H,22,26). The van der Waals surface area contributed by atoms with E-state index in [2.05, 4.69) is 5.32 Å². The van der Waals surface area contributed by atoms with Gasteiger partial charge in [-0.25, -0.2) is 0 Å². The van der Waals surface area contributed by atoms with Crippen molar-refractivity contribution >= 4 is 23.8 Å². The van der Waals surface area contributed by atoms with Gasteiger partial charge in [0.25, 0.3) is 5.91 Å². The number of hydrogen-bond acceptors (Lipinski definition) is 5. The van der Waals surface area contributed by atoms with Crippen LogP contribution in [0.1, 0.15) is 22.3 Å². The van der Waals surface area contributed by atoms with Crippen molar-refractivity contribution < 1.29 is 23.9 Å². The first-order chi connectivity index (χ1) is 13.6. The van der Waals surface area contributed by atoms with E-state index in [1.807, 2.05) is 12.1 Å². The number of ketones is 1. The van der Waals surface area contributed by atoms with Crippen LogP contribution in [0, 0.1) is 0 Å². The Morgan fingerprint density at radius 2 is 1.96 bits per heavy atom. The molecule has 0 radical (unpaired) electrons. The predicted octanol–water partition coefficient (Wildman–Crippen LogP) is 1.98. The first-order valence-corrected chi connectivity index (χ1v) is 9.03. The molecule has 2 amide bonds. The van der Waals surface area contributed by atoms with E-state index in [1.54, 1.807) is 35.2 Å². The van der Waals surface area contributed by atoms with E-state index in [9.17, 15) is 14.4 Å². The minimum absolute atomic E-state index is 0.0571. The number of methoxy groups -OCH3 is 1. The SMILES string of the molecule is COc1ccccc1OCC(=O)NCCC(=O)c1ccc2c(c1)CCN2C=O. The summed E-state index contributed by atoms with van der Waals surface area (Å²) in [5, 5.41) is 2.68. The lowest BCUT2D eigenvalue weighted by molar-refractivity contribution is -0.123. The van der Waals surface area contributed by atoms with Crippen molar-refractivity contribution in [3.8, 4) is 11.5 Å². The summed E-state index contributed by atoms with van der Waals surface area (Å²) >= 11 is 0. The van der Waals surface area contributed by atoms with Crippen LogP contribution in [0.4, 0.5) is 5.69 Å². The van der Waals surface area contributed by atoms with Crippen molar-refractivity contribution in [1.82, 2.24) is 5.32 Å². The van der Waals surface area contributed by atoms with E-state index in [0.29, 0.717) is 23.6 Å². The third-order valence-corrected chi connectivity index (χ3v) is 4.56. The molecule has 1 heterocycles. The summed E-state index contributed by atoms with van der Waals surface area (Å²) in [5.41, 5.74) is 2.44. The molecule has 0 saturated carbocycles. The second-order valence-electron chi connectivity index (χ2n) is 6.35. The van der Waals surface area contributed by atoms with Crippen molar-refractivity contribution in [3.05, 3.63) is 53.6 Å². The Balaban J connectivity index is 1.45. The van der Waals surface area contributed by atoms with Crippen LogP contribution < -0.4 is 19.7 Å². The third-order valence-electron chi connectivity index (χ3n) is 4.56. The van der Waals surface area contributed by atoms with Crippen LogP contribution in [0.25, 0.3) is 0 Å². The highest BCUT2D eigenvalue weighted by molar-refractivity contribution is 5.97. The van der Waals surface area contributed by atoms with E-state index in [0.717, 1.165) is 24.1 Å². The van der Waals surface area contributed by atoms with Crippen LogP contribution >= 0.6 is 0 Å². The van der Waals surface area contributed by atoms with Gasteiger partial charge in [0.05, 0.1) is 7.11 Å². The normalized spacial score (nSPS) is 12.2. The molecule has 0 bridgehead atoms. The first kappa shape index (κ1) is 19.4. The topological polar surface area (TPSA) is 84.9 Å². The Bertz CT molecular complexity index is 881. The molecular weight excluding hydrogens is 360 g/mol. The number of carbonyl (C=O) groups is 3. The molecule has 2 aromatic rings. The summed E-state index contributed by atoms with van der Waals surface area (Å²) in [5.74, 6) is 0.668. The number of fused-ring (bicyclic) bond motifs is 1. The van der Waals surface area contributed by atoms with Crippen molar-refractivity contribution in [2.75, 3.05) is 31.7 Å². The Hall–Kier alpha value is -3.35. The van der Waals surface area contributed by atoms with Crippen LogP contribution in [0.2, 0.25) is 0 Å². The van der Waals surface area contributed by atoms with Gasteiger partial charge < -0.3 is 19.7 Å². The lowest BCUT2D eigenvalue weighted by Gasteiger charge is -2.11. The average molecular weight is 382 g/mol. The molecule has 0 fully saturated rings. The highest BCUT2D eigenvalue weighted by atomic mass is 16.5. The van der Waals surface area contributed by atoms with Crippen LogP contribution in [-0.4, -0.2) is 44.9 Å². The molecule has 0 saturated heterocycles. The third kappa shape index (κ3) is 4.49. The van der Waals surface area contributed by atoms with E-state index in [-0.39, 0.29) is 31.3 Å². The largest absolute Gasteiger partial charge is 0.493 e. The van der Waals surface area contributed by atoms with Crippen molar-refractivity contribution in [2.24, 2.45) is 0 Å². The van der Waals surface area contributed by atoms with Crippen molar-refractivity contribution in [3.63, 3.8) is 0 Å². The number of Topliss-reactive ketones (excluding diaryl/α,β-unsaturated/α-hetero) is 1. The molecule has 0 spiro atoms. The number of rotatable bonds is 9. The number of amides is 2. The fourth-order valence-corrected chi connectivity index (χ4v) is 3.10. The number of ether oxygens (including phenoxy) is 2. The van der Waals surface area contributed by atoms with Gasteiger partial charge in [-0.2, -0.15) is 0 Å². The minimum Gasteiger partial charge on any atom is -0.493 e. The van der Waals surface area contributed by atoms with Gasteiger partial charge in [0.15, 0.2) is 23.9 Å². The highest BCUT2D eigenvalue weighted by Crippen LogP contribution is 2.28. The maximum absolute atomic E-state index is 12.4. The van der Waals surface area contributed by atoms with Crippen molar-refractivity contribution in [2.45, 2.75) is 12.8 Å². The molecule has 2 aromatic carbocycles. The number of carbonyl (C=O) groups excluding carboxylic acids is 3. The molecule has 7 heteroatoms. The van der Waals surface area contributed by atoms with E-state index >= 15 is 0 Å². The molecule has 0 unspecified atom stereocenters. The van der Waals surface area contributed by atoms with Gasteiger partial charge in [0.2, 0.25) is 6.41 Å². The van der Waals surface area contributed by atoms with E-state index in [1.165, 1.54) is 7.11 Å². The number of hydrogen-bond donors (Lipinski definition) is 1. The van der Waals surface area contributed by atoms with Gasteiger partial charge in [0, 0.05) is 30.8 Å². The molecule has 0 atom stereocenters. The summed E-state index contributed by atoms with van der Waals surface area (Å²) in [6, 6.07) is 12.4. The molecule has 0 aromatic heterocycles. The summed E-state index contributed by atoms with van der Waals surface area (Å²) in [4.78, 5) is 36.9. The second kappa shape index (κ2) is 9.03. The molecule has 7 nitrogen and oxygen atoms in total. The van der Waals surface area contributed by atoms with Gasteiger partial charge in [0.1, 0.15) is 0 Å². The maximum Gasteiger partial charge on any atom is 0.257 e. The molecule has 1 N–H and O–H groups in total. The zero-order valence-corrected chi connectivity index (χ0v) is 15.6. The van der Waals surface area contributed by atoms with Gasteiger partial charge in [-0.1, -0.05) is 12.1 Å². The summed E-state index contributed by atoms with van der Waals surface area (Å²) in [7, 11) is 1.53. The zero-order chi connectivity index (χ0) is 19.9. The number of nitrogens with zero attached hydrogens (tertiary/aromatic N) is 1. The Labute approximate surface area is 163 Å². The highest BCUT2D eigenvalue weighted by Gasteiger charge is 2.19. The Morgan fingerprint density at radius 1 is 1.18 bits per heavy atom. The van der Waals surface area contributed by atoms with Gasteiger partial charge in [-0.05, 0) is 42.3 Å². The minimum atomic E-state index is -0.311. The maximum atomic E-state index is 12.4. The van der Waals surface area contributed by atoms with Gasteiger partial charge >= 0.3 is 0 Å². The van der Waals surface area contributed by atoms with Gasteiger partial charge in [-0.3, -0.25) is 14.4 Å². The molecule has 146 valence electrons. The molecule has 3 rings (SSSR count). The van der Waals surface area contributed by atoms with Crippen LogP contribution in [-0.2, 0) is 16.0 Å². The van der Waals surface area contributed by atoms with Crippen LogP contribution in [0.15, 0.2) is 42.5 Å². The molecule has 1 aliphatic rings. The fraction of sp³-hybridized carbons (Fsp3) is 0.286. The van der Waals surface area contributed by atoms with E-state index < -0.39 is 0 Å². The van der Waals surface area contributed by atoms with Crippen LogP contribution in [0.5, 0.6) is 11.5 Å². The zero-order valence-electron chi connectivity index (χ0n) is 15.6. The summed E-state index contributed by atoms with van der Waals surface area (Å²) in [6.07, 6.45) is 1.73. The number of benzene rings is 2. The number of para-hydroxylation sites is 2. The second-order valence-corrected chi connectivity index (χ2v) is 6.35. The van der Waals surface area contributed by atoms with Crippen molar-refractivity contribution in [1.29, 1.82) is 0 Å². The number of anilines is 1. The molecule has 1 aliphatic heterocycles. The fourth-order valence-electron chi connectivity index (χ4n) is 3.10. The monoisotopic (exact) mass is 382 g/mol. The smallest absolute Gasteiger partial charge is 0.257 e. The quantitative estimate of drug-likeness (QED) is 0.530. The Morgan fingerprint density at radius 3 is 2.71 bits per heavy atom. The summed E-state index contributed by atoms with van der Waals surface area (Å²) < 4.78 is 10.6. The average Bonchev–Trinajstić information content (AvgIpc) is 3.14. The summed E-state index contributed by atoms with van der Waals surface area (Å²) in [6.45, 7) is 0.707. The lowest BCUT2D eigenvalue weighted by Crippen LogP contribution is -2.30. The van der Waals surface area contributed by atoms with Crippen LogP contribution in [0.3, 0.4) is 0 Å².